The van der Waals surface area contributed by atoms with Crippen molar-refractivity contribution in [3.05, 3.63) is 22.7 Å². The van der Waals surface area contributed by atoms with E-state index in [-0.39, 0.29) is 0 Å². The molecule has 0 atom stereocenters. The second-order valence-electron chi connectivity index (χ2n) is 4.44. The first kappa shape index (κ1) is 12.3. The molecule has 0 amide bonds. The normalized spacial score (nSPS) is 28.6. The SMILES string of the molecule is COc1ccc(Br)cc1S[C@H]1C[C@](C)(O)C1. The minimum absolute atomic E-state index is 0.461. The van der Waals surface area contributed by atoms with Gasteiger partial charge in [-0.1, -0.05) is 15.9 Å². The molecule has 0 aromatic heterocycles. The molecule has 2 nitrogen and oxygen atoms in total. The summed E-state index contributed by atoms with van der Waals surface area (Å²) in [5, 5.41) is 10.2. The number of benzene rings is 1. The topological polar surface area (TPSA) is 29.5 Å². The van der Waals surface area contributed by atoms with Gasteiger partial charge in [0.25, 0.3) is 0 Å². The van der Waals surface area contributed by atoms with Crippen molar-refractivity contribution in [3.63, 3.8) is 0 Å². The van der Waals surface area contributed by atoms with E-state index >= 15 is 0 Å². The van der Waals surface area contributed by atoms with Crippen LogP contribution in [-0.2, 0) is 0 Å². The molecule has 0 saturated heterocycles. The Hall–Kier alpha value is -0.190. The fraction of sp³-hybridized carbons (Fsp3) is 0.500. The summed E-state index contributed by atoms with van der Waals surface area (Å²) in [6.45, 7) is 1.89. The summed E-state index contributed by atoms with van der Waals surface area (Å²) in [5.74, 6) is 0.903. The van der Waals surface area contributed by atoms with Gasteiger partial charge in [-0.2, -0.15) is 0 Å². The third kappa shape index (κ3) is 2.73. The lowest BCUT2D eigenvalue weighted by Crippen LogP contribution is -2.42. The number of halogens is 1. The van der Waals surface area contributed by atoms with Crippen molar-refractivity contribution in [2.45, 2.75) is 35.5 Å². The number of aliphatic hydroxyl groups is 1. The highest BCUT2D eigenvalue weighted by Gasteiger charge is 2.39. The smallest absolute Gasteiger partial charge is 0.132 e. The number of methoxy groups -OCH3 is 1. The van der Waals surface area contributed by atoms with Gasteiger partial charge in [0, 0.05) is 9.72 Å². The van der Waals surface area contributed by atoms with Gasteiger partial charge in [0.2, 0.25) is 0 Å². The highest BCUT2D eigenvalue weighted by molar-refractivity contribution is 9.10. The van der Waals surface area contributed by atoms with Gasteiger partial charge in [-0.05, 0) is 38.0 Å². The summed E-state index contributed by atoms with van der Waals surface area (Å²) < 4.78 is 6.37. The van der Waals surface area contributed by atoms with E-state index in [1.807, 2.05) is 19.1 Å². The van der Waals surface area contributed by atoms with Gasteiger partial charge >= 0.3 is 0 Å². The van der Waals surface area contributed by atoms with Crippen LogP contribution in [0.25, 0.3) is 0 Å². The molecular weight excluding hydrogens is 288 g/mol. The molecule has 1 aromatic carbocycles. The first-order valence-corrected chi connectivity index (χ1v) is 6.90. The van der Waals surface area contributed by atoms with Crippen molar-refractivity contribution in [2.24, 2.45) is 0 Å². The Morgan fingerprint density at radius 1 is 1.50 bits per heavy atom. The van der Waals surface area contributed by atoms with E-state index in [1.165, 1.54) is 0 Å². The minimum Gasteiger partial charge on any atom is -0.496 e. The first-order chi connectivity index (χ1) is 7.50. The van der Waals surface area contributed by atoms with E-state index in [0.717, 1.165) is 28.0 Å². The number of hydrogen-bond acceptors (Lipinski definition) is 3. The van der Waals surface area contributed by atoms with Crippen LogP contribution in [0.5, 0.6) is 5.75 Å². The second-order valence-corrected chi connectivity index (χ2v) is 6.70. The number of ether oxygens (including phenoxy) is 1. The van der Waals surface area contributed by atoms with Crippen LogP contribution in [0.3, 0.4) is 0 Å². The summed E-state index contributed by atoms with van der Waals surface area (Å²) in [6, 6.07) is 6.00. The van der Waals surface area contributed by atoms with Crippen LogP contribution in [0.4, 0.5) is 0 Å². The van der Waals surface area contributed by atoms with E-state index in [4.69, 9.17) is 4.74 Å². The van der Waals surface area contributed by atoms with Crippen molar-refractivity contribution in [1.82, 2.24) is 0 Å². The maximum Gasteiger partial charge on any atom is 0.132 e. The summed E-state index contributed by atoms with van der Waals surface area (Å²) >= 11 is 5.24. The van der Waals surface area contributed by atoms with Gasteiger partial charge in [0.05, 0.1) is 17.6 Å². The van der Waals surface area contributed by atoms with E-state index in [0.29, 0.717) is 5.25 Å². The van der Waals surface area contributed by atoms with E-state index < -0.39 is 5.60 Å². The summed E-state index contributed by atoms with van der Waals surface area (Å²) in [6.07, 6.45) is 1.71. The van der Waals surface area contributed by atoms with Gasteiger partial charge in [-0.3, -0.25) is 0 Å². The van der Waals surface area contributed by atoms with Gasteiger partial charge in [-0.15, -0.1) is 11.8 Å². The first-order valence-electron chi connectivity index (χ1n) is 5.23. The zero-order chi connectivity index (χ0) is 11.8. The van der Waals surface area contributed by atoms with Gasteiger partial charge in [0.15, 0.2) is 0 Å². The molecule has 0 bridgehead atoms. The largest absolute Gasteiger partial charge is 0.496 e. The maximum absolute atomic E-state index is 9.69. The third-order valence-corrected chi connectivity index (χ3v) is 4.49. The van der Waals surface area contributed by atoms with Crippen LogP contribution in [0.15, 0.2) is 27.6 Å². The van der Waals surface area contributed by atoms with E-state index in [1.54, 1.807) is 18.9 Å². The molecule has 4 heteroatoms. The number of rotatable bonds is 3. The molecule has 1 aliphatic rings. The molecule has 0 unspecified atom stereocenters. The van der Waals surface area contributed by atoms with Crippen molar-refractivity contribution in [3.8, 4) is 5.75 Å². The molecule has 0 radical (unpaired) electrons. The van der Waals surface area contributed by atoms with Crippen LogP contribution < -0.4 is 4.74 Å². The molecule has 1 N–H and O–H groups in total. The fourth-order valence-corrected chi connectivity index (χ4v) is 4.15. The monoisotopic (exact) mass is 302 g/mol. The Balaban J connectivity index is 2.06. The Morgan fingerprint density at radius 3 is 2.75 bits per heavy atom. The molecule has 0 spiro atoms. The quantitative estimate of drug-likeness (QED) is 0.927. The lowest BCUT2D eigenvalue weighted by molar-refractivity contribution is -0.00945. The highest BCUT2D eigenvalue weighted by atomic mass is 79.9. The maximum atomic E-state index is 9.69. The molecule has 1 aliphatic carbocycles. The molecule has 88 valence electrons. The lowest BCUT2D eigenvalue weighted by atomic mass is 9.82. The fourth-order valence-electron chi connectivity index (χ4n) is 1.93. The summed E-state index contributed by atoms with van der Waals surface area (Å²) in [5.41, 5.74) is -0.461. The van der Waals surface area contributed by atoms with Crippen molar-refractivity contribution in [1.29, 1.82) is 0 Å². The molecule has 16 heavy (non-hydrogen) atoms. The van der Waals surface area contributed by atoms with Crippen molar-refractivity contribution < 1.29 is 9.84 Å². The molecule has 2 rings (SSSR count). The molecule has 0 heterocycles. The third-order valence-electron chi connectivity index (χ3n) is 2.75. The Bertz CT molecular complexity index is 385. The molecular formula is C12H15BrO2S. The van der Waals surface area contributed by atoms with Gasteiger partial charge < -0.3 is 9.84 Å². The molecule has 1 saturated carbocycles. The van der Waals surface area contributed by atoms with Crippen LogP contribution in [0.1, 0.15) is 19.8 Å². The summed E-state index contributed by atoms with van der Waals surface area (Å²) in [7, 11) is 1.68. The Kier molecular flexibility index (Phi) is 3.52. The van der Waals surface area contributed by atoms with Gasteiger partial charge in [-0.25, -0.2) is 0 Å². The lowest BCUT2D eigenvalue weighted by Gasteiger charge is -2.40. The van der Waals surface area contributed by atoms with E-state index in [9.17, 15) is 5.11 Å². The second kappa shape index (κ2) is 4.59. The number of thioether (sulfide) groups is 1. The van der Waals surface area contributed by atoms with Crippen LogP contribution in [-0.4, -0.2) is 23.1 Å². The molecule has 1 fully saturated rings. The average molecular weight is 303 g/mol. The van der Waals surface area contributed by atoms with Gasteiger partial charge in [0.1, 0.15) is 5.75 Å². The summed E-state index contributed by atoms with van der Waals surface area (Å²) in [4.78, 5) is 1.14. The van der Waals surface area contributed by atoms with Crippen molar-refractivity contribution >= 4 is 27.7 Å². The Labute approximate surface area is 109 Å². The molecule has 0 aliphatic heterocycles. The van der Waals surface area contributed by atoms with Crippen LogP contribution >= 0.6 is 27.7 Å². The van der Waals surface area contributed by atoms with E-state index in [2.05, 4.69) is 22.0 Å². The highest BCUT2D eigenvalue weighted by Crippen LogP contribution is 2.45. The minimum atomic E-state index is -0.461. The average Bonchev–Trinajstić information content (AvgIpc) is 2.15. The van der Waals surface area contributed by atoms with Crippen molar-refractivity contribution in [2.75, 3.05) is 7.11 Å². The van der Waals surface area contributed by atoms with Crippen LogP contribution in [0.2, 0.25) is 0 Å². The zero-order valence-corrected chi connectivity index (χ0v) is 11.8. The standard InChI is InChI=1S/C12H15BrO2S/c1-12(14)6-9(7-12)16-11-5-8(13)3-4-10(11)15-2/h3-5,9,14H,6-7H2,1-2H3/t9-,12-. The predicted molar refractivity (Wildman–Crippen MR) is 70.2 cm³/mol. The van der Waals surface area contributed by atoms with Crippen LogP contribution in [0, 0.1) is 0 Å². The zero-order valence-electron chi connectivity index (χ0n) is 9.37. The number of hydrogen-bond donors (Lipinski definition) is 1. The Morgan fingerprint density at radius 2 is 2.19 bits per heavy atom. The predicted octanol–water partition coefficient (Wildman–Crippen LogP) is 3.46. The molecule has 1 aromatic rings.